The number of carbonyl (C=O) groups is 1. The summed E-state index contributed by atoms with van der Waals surface area (Å²) in [4.78, 5) is 18.4. The second-order valence-electron chi connectivity index (χ2n) is 3.16. The van der Waals surface area contributed by atoms with Gasteiger partial charge < -0.3 is 10.1 Å². The second kappa shape index (κ2) is 3.17. The molecule has 0 aliphatic heterocycles. The molecule has 3 aromatic rings. The number of nitrogens with zero attached hydrogens (tertiary/aromatic N) is 3. The van der Waals surface area contributed by atoms with Gasteiger partial charge in [-0.05, 0) is 0 Å². The van der Waals surface area contributed by atoms with E-state index in [0.717, 1.165) is 10.4 Å². The minimum atomic E-state index is -1.02. The summed E-state index contributed by atoms with van der Waals surface area (Å²) < 4.78 is 1.73. The fourth-order valence-electron chi connectivity index (χ4n) is 1.46. The first kappa shape index (κ1) is 9.10. The first-order valence-corrected chi connectivity index (χ1v) is 5.33. The molecule has 0 aromatic carbocycles. The highest BCUT2D eigenvalue weighted by Crippen LogP contribution is 2.25. The Morgan fingerprint density at radius 3 is 3.12 bits per heavy atom. The number of aromatic carboxylic acids is 1. The summed E-state index contributed by atoms with van der Waals surface area (Å²) >= 11 is 1.53. The van der Waals surface area contributed by atoms with Gasteiger partial charge in [0.15, 0.2) is 0 Å². The normalized spacial score (nSPS) is 11.0. The third kappa shape index (κ3) is 1.22. The Morgan fingerprint density at radius 2 is 2.38 bits per heavy atom. The molecule has 0 unspecified atom stereocenters. The zero-order chi connectivity index (χ0) is 11.1. The molecule has 3 aromatic heterocycles. The third-order valence-electron chi connectivity index (χ3n) is 2.19. The van der Waals surface area contributed by atoms with Gasteiger partial charge in [-0.1, -0.05) is 0 Å². The number of hydrogen-bond acceptors (Lipinski definition) is 4. The van der Waals surface area contributed by atoms with Crippen LogP contribution in [0.25, 0.3) is 16.2 Å². The van der Waals surface area contributed by atoms with E-state index in [2.05, 4.69) is 15.1 Å². The topological polar surface area (TPSA) is 83.3 Å². The van der Waals surface area contributed by atoms with Crippen molar-refractivity contribution in [1.82, 2.24) is 19.6 Å². The van der Waals surface area contributed by atoms with Crippen LogP contribution >= 0.6 is 11.3 Å². The van der Waals surface area contributed by atoms with Crippen LogP contribution in [0.15, 0.2) is 24.0 Å². The monoisotopic (exact) mass is 234 g/mol. The molecule has 3 heterocycles. The number of fused-ring (bicyclic) bond motifs is 1. The van der Waals surface area contributed by atoms with Crippen molar-refractivity contribution in [3.8, 4) is 11.4 Å². The van der Waals surface area contributed by atoms with Crippen molar-refractivity contribution in [1.29, 1.82) is 0 Å². The van der Waals surface area contributed by atoms with Crippen LogP contribution in [-0.2, 0) is 0 Å². The zero-order valence-electron chi connectivity index (χ0n) is 7.91. The molecule has 0 spiro atoms. The fraction of sp³-hybridized carbons (Fsp3) is 0. The first-order chi connectivity index (χ1) is 7.75. The van der Waals surface area contributed by atoms with Crippen LogP contribution in [0.1, 0.15) is 10.5 Å². The number of carboxylic acid groups (broad SMARTS) is 1. The molecule has 3 rings (SSSR count). The predicted octanol–water partition coefficient (Wildman–Crippen LogP) is 1.48. The first-order valence-electron chi connectivity index (χ1n) is 4.45. The molecule has 0 amide bonds. The number of carboxylic acids is 1. The third-order valence-corrected chi connectivity index (χ3v) is 3.08. The van der Waals surface area contributed by atoms with Crippen LogP contribution in [0.2, 0.25) is 0 Å². The van der Waals surface area contributed by atoms with E-state index >= 15 is 0 Å². The average molecular weight is 234 g/mol. The molecular weight excluding hydrogens is 228 g/mol. The molecule has 0 atom stereocenters. The smallest absolute Gasteiger partial charge is 0.353 e. The molecule has 0 saturated carbocycles. The quantitative estimate of drug-likeness (QED) is 0.703. The SMILES string of the molecule is O=C(O)c1cnc(-c2cnn3ccsc23)[nH]1. The summed E-state index contributed by atoms with van der Waals surface area (Å²) in [5.41, 5.74) is 0.883. The number of thiazole rings is 1. The van der Waals surface area contributed by atoms with Crippen molar-refractivity contribution in [3.05, 3.63) is 29.7 Å². The minimum absolute atomic E-state index is 0.0749. The van der Waals surface area contributed by atoms with Crippen LogP contribution in [0.4, 0.5) is 0 Å². The summed E-state index contributed by atoms with van der Waals surface area (Å²) in [5.74, 6) is -0.497. The fourth-order valence-corrected chi connectivity index (χ4v) is 2.25. The van der Waals surface area contributed by atoms with Crippen molar-refractivity contribution < 1.29 is 9.90 Å². The lowest BCUT2D eigenvalue weighted by molar-refractivity contribution is 0.0691. The highest BCUT2D eigenvalue weighted by molar-refractivity contribution is 7.16. The maximum atomic E-state index is 10.7. The van der Waals surface area contributed by atoms with Crippen LogP contribution in [0.3, 0.4) is 0 Å². The summed E-state index contributed by atoms with van der Waals surface area (Å²) in [6.07, 6.45) is 4.80. The zero-order valence-corrected chi connectivity index (χ0v) is 8.73. The Labute approximate surface area is 93.2 Å². The lowest BCUT2D eigenvalue weighted by Gasteiger charge is -1.89. The molecule has 2 N–H and O–H groups in total. The van der Waals surface area contributed by atoms with E-state index in [1.54, 1.807) is 10.7 Å². The maximum absolute atomic E-state index is 10.7. The molecule has 7 heteroatoms. The van der Waals surface area contributed by atoms with Crippen molar-refractivity contribution >= 4 is 22.1 Å². The van der Waals surface area contributed by atoms with Gasteiger partial charge in [0.1, 0.15) is 16.3 Å². The Balaban J connectivity index is 2.15. The largest absolute Gasteiger partial charge is 0.477 e. The summed E-state index contributed by atoms with van der Waals surface area (Å²) in [5, 5.41) is 14.8. The number of imidazole rings is 1. The summed E-state index contributed by atoms with van der Waals surface area (Å²) in [6.45, 7) is 0. The Hall–Kier alpha value is -2.15. The van der Waals surface area contributed by atoms with Crippen molar-refractivity contribution in [2.24, 2.45) is 0 Å². The average Bonchev–Trinajstić information content (AvgIpc) is 2.92. The standard InChI is InChI=1S/C9H6N4O2S/c14-9(15)6-4-10-7(12-6)5-3-11-13-1-2-16-8(5)13/h1-4H,(H,10,12)(H,14,15). The molecule has 80 valence electrons. The molecule has 16 heavy (non-hydrogen) atoms. The van der Waals surface area contributed by atoms with E-state index in [-0.39, 0.29) is 5.69 Å². The number of nitrogens with one attached hydrogen (secondary N) is 1. The van der Waals surface area contributed by atoms with Crippen molar-refractivity contribution in [3.63, 3.8) is 0 Å². The molecular formula is C9H6N4O2S. The Bertz CT molecular complexity index is 666. The van der Waals surface area contributed by atoms with Gasteiger partial charge >= 0.3 is 5.97 Å². The van der Waals surface area contributed by atoms with Crippen molar-refractivity contribution in [2.45, 2.75) is 0 Å². The van der Waals surface area contributed by atoms with Crippen LogP contribution in [-0.4, -0.2) is 30.7 Å². The van der Waals surface area contributed by atoms with E-state index in [1.807, 2.05) is 11.6 Å². The van der Waals surface area contributed by atoms with Crippen molar-refractivity contribution in [2.75, 3.05) is 0 Å². The van der Waals surface area contributed by atoms with E-state index in [4.69, 9.17) is 5.11 Å². The predicted molar refractivity (Wildman–Crippen MR) is 57.6 cm³/mol. The number of hydrogen-bond donors (Lipinski definition) is 2. The Kier molecular flexibility index (Phi) is 1.80. The summed E-state index contributed by atoms with van der Waals surface area (Å²) in [6, 6.07) is 0. The van der Waals surface area contributed by atoms with Gasteiger partial charge in [-0.25, -0.2) is 14.3 Å². The molecule has 6 nitrogen and oxygen atoms in total. The van der Waals surface area contributed by atoms with Crippen LogP contribution in [0, 0.1) is 0 Å². The molecule has 0 saturated heterocycles. The summed E-state index contributed by atoms with van der Waals surface area (Å²) in [7, 11) is 0. The van der Waals surface area contributed by atoms with Gasteiger partial charge in [-0.2, -0.15) is 5.10 Å². The number of rotatable bonds is 2. The second-order valence-corrected chi connectivity index (χ2v) is 4.06. The molecule has 0 aliphatic carbocycles. The lowest BCUT2D eigenvalue weighted by Crippen LogP contribution is -1.95. The molecule has 0 radical (unpaired) electrons. The number of aromatic amines is 1. The number of H-pyrrole nitrogens is 1. The molecule has 0 bridgehead atoms. The van der Waals surface area contributed by atoms with Gasteiger partial charge in [-0.3, -0.25) is 0 Å². The van der Waals surface area contributed by atoms with Gasteiger partial charge in [0.25, 0.3) is 0 Å². The Morgan fingerprint density at radius 1 is 1.50 bits per heavy atom. The van der Waals surface area contributed by atoms with Gasteiger partial charge in [0.05, 0.1) is 18.0 Å². The van der Waals surface area contributed by atoms with E-state index in [9.17, 15) is 4.79 Å². The van der Waals surface area contributed by atoms with Gasteiger partial charge in [0, 0.05) is 11.6 Å². The van der Waals surface area contributed by atoms with E-state index in [1.165, 1.54) is 17.5 Å². The minimum Gasteiger partial charge on any atom is -0.477 e. The van der Waals surface area contributed by atoms with Crippen LogP contribution < -0.4 is 0 Å². The van der Waals surface area contributed by atoms with Crippen LogP contribution in [0.5, 0.6) is 0 Å². The maximum Gasteiger partial charge on any atom is 0.353 e. The van der Waals surface area contributed by atoms with E-state index in [0.29, 0.717) is 5.82 Å². The molecule has 0 aliphatic rings. The van der Waals surface area contributed by atoms with Gasteiger partial charge in [-0.15, -0.1) is 11.3 Å². The number of aromatic nitrogens is 4. The highest BCUT2D eigenvalue weighted by atomic mass is 32.1. The van der Waals surface area contributed by atoms with E-state index < -0.39 is 5.97 Å². The molecule has 0 fully saturated rings. The highest BCUT2D eigenvalue weighted by Gasteiger charge is 2.13. The lowest BCUT2D eigenvalue weighted by atomic mass is 10.3. The van der Waals surface area contributed by atoms with Gasteiger partial charge in [0.2, 0.25) is 0 Å².